The van der Waals surface area contributed by atoms with E-state index >= 15 is 0 Å². The van der Waals surface area contributed by atoms with Gasteiger partial charge in [0.05, 0.1) is 6.10 Å². The Hall–Kier alpha value is -0.160. The molecule has 0 rings (SSSR count). The predicted molar refractivity (Wildman–Crippen MR) is 53.4 cm³/mol. The van der Waals surface area contributed by atoms with Crippen molar-refractivity contribution >= 4 is 0 Å². The molecule has 0 aromatic rings. The van der Waals surface area contributed by atoms with Crippen LogP contribution in [0, 0.1) is 0 Å². The van der Waals surface area contributed by atoms with Crippen molar-refractivity contribution in [3.63, 3.8) is 0 Å². The van der Waals surface area contributed by atoms with E-state index in [2.05, 4.69) is 5.32 Å². The average Bonchev–Trinajstić information content (AvgIpc) is 2.03. The van der Waals surface area contributed by atoms with E-state index in [1.165, 1.54) is 0 Å². The Balaban J connectivity index is 4.42. The highest BCUT2D eigenvalue weighted by Gasteiger charge is 2.34. The van der Waals surface area contributed by atoms with Crippen molar-refractivity contribution in [1.82, 2.24) is 10.2 Å². The average molecular weight is 190 g/mol. The molecule has 0 spiro atoms. The molecule has 0 radical (unpaired) electrons. The van der Waals surface area contributed by atoms with Crippen LogP contribution < -0.4 is 5.32 Å². The summed E-state index contributed by atoms with van der Waals surface area (Å²) in [6, 6.07) is 0. The summed E-state index contributed by atoms with van der Waals surface area (Å²) in [6.07, 6.45) is -0.625. The molecular formula is C9H22N2O2. The van der Waals surface area contributed by atoms with E-state index in [9.17, 15) is 5.11 Å². The molecular weight excluding hydrogens is 168 g/mol. The number of nitrogens with zero attached hydrogens (tertiary/aromatic N) is 1. The maximum absolute atomic E-state index is 9.59. The Bertz CT molecular complexity index is 141. The van der Waals surface area contributed by atoms with Crippen molar-refractivity contribution in [2.24, 2.45) is 0 Å². The number of likely N-dealkylation sites (N-methyl/N-ethyl adjacent to an activating group) is 1. The first-order valence-electron chi connectivity index (χ1n) is 4.55. The zero-order valence-corrected chi connectivity index (χ0v) is 9.46. The minimum Gasteiger partial charge on any atom is -0.389 e. The molecule has 0 saturated carbocycles. The Morgan fingerprint density at radius 3 is 2.08 bits per heavy atom. The van der Waals surface area contributed by atoms with Gasteiger partial charge in [-0.3, -0.25) is 10.2 Å². The fourth-order valence-electron chi connectivity index (χ4n) is 0.994. The number of ether oxygens (including phenoxy) is 1. The smallest absolute Gasteiger partial charge is 0.146 e. The highest BCUT2D eigenvalue weighted by molar-refractivity contribution is 4.78. The van der Waals surface area contributed by atoms with Crippen LogP contribution in [-0.2, 0) is 4.74 Å². The Labute approximate surface area is 80.9 Å². The molecule has 0 saturated heterocycles. The molecule has 0 heterocycles. The maximum atomic E-state index is 9.59. The van der Waals surface area contributed by atoms with Gasteiger partial charge in [0.1, 0.15) is 12.0 Å². The monoisotopic (exact) mass is 190 g/mol. The van der Waals surface area contributed by atoms with Crippen LogP contribution in [0.5, 0.6) is 0 Å². The molecule has 0 fully saturated rings. The van der Waals surface area contributed by atoms with Crippen LogP contribution in [0.1, 0.15) is 20.8 Å². The fourth-order valence-corrected chi connectivity index (χ4v) is 0.994. The Morgan fingerprint density at radius 2 is 1.85 bits per heavy atom. The number of aliphatic hydroxyl groups excluding tert-OH is 1. The number of aliphatic hydroxyl groups is 1. The Morgan fingerprint density at radius 1 is 1.38 bits per heavy atom. The lowest BCUT2D eigenvalue weighted by Crippen LogP contribution is -2.55. The number of hydrogen-bond acceptors (Lipinski definition) is 4. The van der Waals surface area contributed by atoms with Crippen molar-refractivity contribution in [2.45, 2.75) is 38.8 Å². The molecule has 3 unspecified atom stereocenters. The van der Waals surface area contributed by atoms with Crippen molar-refractivity contribution in [1.29, 1.82) is 0 Å². The van der Waals surface area contributed by atoms with Gasteiger partial charge < -0.3 is 9.84 Å². The summed E-state index contributed by atoms with van der Waals surface area (Å²) in [5, 5.41) is 12.6. The third kappa shape index (κ3) is 3.23. The zero-order chi connectivity index (χ0) is 10.6. The summed E-state index contributed by atoms with van der Waals surface area (Å²) >= 11 is 0. The molecule has 0 aliphatic rings. The summed E-state index contributed by atoms with van der Waals surface area (Å²) in [7, 11) is 5.59. The first kappa shape index (κ1) is 12.8. The van der Waals surface area contributed by atoms with Gasteiger partial charge in [-0.25, -0.2) is 0 Å². The standard InChI is InChI=1S/C9H22N2O2/c1-7(12)9(3,11(5)6)13-8(2)10-4/h7-8,10,12H,1-6H3. The van der Waals surface area contributed by atoms with Crippen LogP contribution in [0.4, 0.5) is 0 Å². The van der Waals surface area contributed by atoms with E-state index in [1.807, 2.05) is 39.9 Å². The lowest BCUT2D eigenvalue weighted by molar-refractivity contribution is -0.210. The summed E-state index contributed by atoms with van der Waals surface area (Å²) < 4.78 is 5.67. The molecule has 4 nitrogen and oxygen atoms in total. The van der Waals surface area contributed by atoms with E-state index in [0.29, 0.717) is 0 Å². The maximum Gasteiger partial charge on any atom is 0.146 e. The van der Waals surface area contributed by atoms with Crippen molar-refractivity contribution in [3.8, 4) is 0 Å². The molecule has 0 aromatic carbocycles. The van der Waals surface area contributed by atoms with Gasteiger partial charge in [-0.05, 0) is 41.9 Å². The summed E-state index contributed by atoms with van der Waals surface area (Å²) in [4.78, 5) is 1.87. The molecule has 4 heteroatoms. The molecule has 0 aliphatic carbocycles. The largest absolute Gasteiger partial charge is 0.389 e. The first-order chi connectivity index (χ1) is 5.84. The van der Waals surface area contributed by atoms with Gasteiger partial charge in [-0.15, -0.1) is 0 Å². The van der Waals surface area contributed by atoms with Crippen LogP contribution >= 0.6 is 0 Å². The van der Waals surface area contributed by atoms with Gasteiger partial charge in [-0.1, -0.05) is 0 Å². The molecule has 0 aliphatic heterocycles. The van der Waals surface area contributed by atoms with Crippen molar-refractivity contribution in [2.75, 3.05) is 21.1 Å². The van der Waals surface area contributed by atoms with Gasteiger partial charge in [0, 0.05) is 0 Å². The van der Waals surface area contributed by atoms with Crippen LogP contribution in [-0.4, -0.2) is 49.2 Å². The van der Waals surface area contributed by atoms with Crippen LogP contribution in [0.2, 0.25) is 0 Å². The lowest BCUT2D eigenvalue weighted by atomic mass is 10.1. The van der Waals surface area contributed by atoms with Crippen LogP contribution in [0.25, 0.3) is 0 Å². The second-order valence-electron chi connectivity index (χ2n) is 3.67. The van der Waals surface area contributed by atoms with Crippen molar-refractivity contribution in [3.05, 3.63) is 0 Å². The van der Waals surface area contributed by atoms with Gasteiger partial charge in [0.15, 0.2) is 0 Å². The zero-order valence-electron chi connectivity index (χ0n) is 9.46. The second kappa shape index (κ2) is 4.91. The fraction of sp³-hybridized carbons (Fsp3) is 1.00. The highest BCUT2D eigenvalue weighted by atomic mass is 16.5. The van der Waals surface area contributed by atoms with Gasteiger partial charge in [-0.2, -0.15) is 0 Å². The third-order valence-electron chi connectivity index (χ3n) is 2.49. The van der Waals surface area contributed by atoms with E-state index in [4.69, 9.17) is 4.74 Å². The normalized spacial score (nSPS) is 21.2. The van der Waals surface area contributed by atoms with Crippen LogP contribution in [0.15, 0.2) is 0 Å². The molecule has 13 heavy (non-hydrogen) atoms. The highest BCUT2D eigenvalue weighted by Crippen LogP contribution is 2.19. The number of hydrogen-bond donors (Lipinski definition) is 2. The van der Waals surface area contributed by atoms with Gasteiger partial charge >= 0.3 is 0 Å². The molecule has 0 bridgehead atoms. The quantitative estimate of drug-likeness (QED) is 0.609. The lowest BCUT2D eigenvalue weighted by Gasteiger charge is -2.40. The molecule has 3 atom stereocenters. The van der Waals surface area contributed by atoms with Crippen molar-refractivity contribution < 1.29 is 9.84 Å². The predicted octanol–water partition coefficient (Wildman–Crippen LogP) is 0.227. The van der Waals surface area contributed by atoms with E-state index in [1.54, 1.807) is 6.92 Å². The minimum atomic E-state index is -0.650. The van der Waals surface area contributed by atoms with E-state index < -0.39 is 11.8 Å². The van der Waals surface area contributed by atoms with Crippen LogP contribution in [0.3, 0.4) is 0 Å². The van der Waals surface area contributed by atoms with Gasteiger partial charge in [0.25, 0.3) is 0 Å². The third-order valence-corrected chi connectivity index (χ3v) is 2.49. The first-order valence-corrected chi connectivity index (χ1v) is 4.55. The van der Waals surface area contributed by atoms with Gasteiger partial charge in [0.2, 0.25) is 0 Å². The summed E-state index contributed by atoms with van der Waals surface area (Å²) in [5.41, 5.74) is -0.650. The minimum absolute atomic E-state index is 0.0815. The summed E-state index contributed by atoms with van der Waals surface area (Å²) in [6.45, 7) is 5.50. The number of nitrogens with one attached hydrogen (secondary N) is 1. The summed E-state index contributed by atoms with van der Waals surface area (Å²) in [5.74, 6) is 0. The van der Waals surface area contributed by atoms with E-state index in [-0.39, 0.29) is 6.23 Å². The SMILES string of the molecule is CNC(C)OC(C)(C(C)O)N(C)C. The molecule has 80 valence electrons. The van der Waals surface area contributed by atoms with E-state index in [0.717, 1.165) is 0 Å². The molecule has 0 amide bonds. The number of rotatable bonds is 5. The topological polar surface area (TPSA) is 44.7 Å². The molecule has 2 N–H and O–H groups in total. The second-order valence-corrected chi connectivity index (χ2v) is 3.67. The molecule has 0 aromatic heterocycles. The Kier molecular flexibility index (Phi) is 4.85.